The number of hydrogen-bond donors (Lipinski definition) is 0. The van der Waals surface area contributed by atoms with Crippen LogP contribution in [0.3, 0.4) is 0 Å². The summed E-state index contributed by atoms with van der Waals surface area (Å²) in [4.78, 5) is 12.5. The first-order chi connectivity index (χ1) is 6.45. The molecule has 0 aromatic heterocycles. The van der Waals surface area contributed by atoms with Crippen LogP contribution in [0, 0.1) is 0 Å². The van der Waals surface area contributed by atoms with Crippen molar-refractivity contribution in [3.8, 4) is 0 Å². The lowest BCUT2D eigenvalue weighted by Gasteiger charge is -2.09. The SMILES string of the molecule is CSc1cccc(C(=O)C(Cl)(Cl)Cl)c1. The molecule has 1 aromatic carbocycles. The molecular formula is C9H7Cl3OS. The third-order valence-corrected chi connectivity index (χ3v) is 2.83. The number of carbonyl (C=O) groups is 1. The summed E-state index contributed by atoms with van der Waals surface area (Å²) in [7, 11) is 0. The van der Waals surface area contributed by atoms with E-state index in [4.69, 9.17) is 34.8 Å². The quantitative estimate of drug-likeness (QED) is 0.459. The zero-order valence-electron chi connectivity index (χ0n) is 7.26. The number of Topliss-reactive ketones (excluding diaryl/α,β-unsaturated/α-hetero) is 1. The standard InChI is InChI=1S/C9H7Cl3OS/c1-14-7-4-2-3-6(5-7)8(13)9(10,11)12/h2-5H,1H3. The molecule has 0 amide bonds. The van der Waals surface area contributed by atoms with Crippen molar-refractivity contribution in [2.24, 2.45) is 0 Å². The number of ketones is 1. The minimum Gasteiger partial charge on any atom is -0.289 e. The number of rotatable bonds is 2. The molecule has 0 saturated carbocycles. The molecule has 76 valence electrons. The average molecular weight is 270 g/mol. The van der Waals surface area contributed by atoms with Gasteiger partial charge in [0.2, 0.25) is 5.78 Å². The number of halogens is 3. The Morgan fingerprint density at radius 3 is 2.50 bits per heavy atom. The minimum absolute atomic E-state index is 0.414. The van der Waals surface area contributed by atoms with Crippen molar-refractivity contribution in [2.75, 3.05) is 6.26 Å². The van der Waals surface area contributed by atoms with E-state index in [1.165, 1.54) is 11.8 Å². The molecule has 0 spiro atoms. The van der Waals surface area contributed by atoms with Crippen LogP contribution in [0.15, 0.2) is 29.2 Å². The first kappa shape index (κ1) is 12.2. The van der Waals surface area contributed by atoms with E-state index in [1.807, 2.05) is 12.3 Å². The van der Waals surface area contributed by atoms with E-state index in [9.17, 15) is 4.79 Å². The van der Waals surface area contributed by atoms with Gasteiger partial charge in [-0.15, -0.1) is 11.8 Å². The van der Waals surface area contributed by atoms with E-state index in [0.29, 0.717) is 5.56 Å². The molecule has 0 aliphatic heterocycles. The average Bonchev–Trinajstić information content (AvgIpc) is 2.15. The number of thioether (sulfide) groups is 1. The third kappa shape index (κ3) is 3.06. The molecule has 14 heavy (non-hydrogen) atoms. The van der Waals surface area contributed by atoms with Crippen LogP contribution in [0.2, 0.25) is 0 Å². The second-order valence-electron chi connectivity index (χ2n) is 2.56. The maximum Gasteiger partial charge on any atom is 0.253 e. The Hall–Kier alpha value is 0.110. The molecule has 0 bridgehead atoms. The van der Waals surface area contributed by atoms with Gasteiger partial charge in [0.25, 0.3) is 3.79 Å². The third-order valence-electron chi connectivity index (χ3n) is 1.59. The summed E-state index contributed by atoms with van der Waals surface area (Å²) in [6.07, 6.45) is 1.92. The van der Waals surface area contributed by atoms with Crippen LogP contribution < -0.4 is 0 Å². The normalized spacial score (nSPS) is 11.4. The summed E-state index contributed by atoms with van der Waals surface area (Å²) in [5.74, 6) is -0.501. The van der Waals surface area contributed by atoms with Crippen LogP contribution in [-0.2, 0) is 0 Å². The smallest absolute Gasteiger partial charge is 0.253 e. The summed E-state index contributed by atoms with van der Waals surface area (Å²) in [5, 5.41) is 0. The molecule has 0 aliphatic rings. The van der Waals surface area contributed by atoms with Gasteiger partial charge in [-0.05, 0) is 18.4 Å². The Labute approximate surface area is 102 Å². The molecule has 0 unspecified atom stereocenters. The predicted molar refractivity (Wildman–Crippen MR) is 62.8 cm³/mol. The first-order valence-electron chi connectivity index (χ1n) is 3.70. The predicted octanol–water partition coefficient (Wildman–Crippen LogP) is 3.96. The summed E-state index contributed by atoms with van der Waals surface area (Å²) in [5.41, 5.74) is 0.414. The number of carbonyl (C=O) groups excluding carboxylic acids is 1. The highest BCUT2D eigenvalue weighted by Crippen LogP contribution is 2.31. The van der Waals surface area contributed by atoms with Gasteiger partial charge in [0, 0.05) is 10.5 Å². The molecule has 1 rings (SSSR count). The van der Waals surface area contributed by atoms with Gasteiger partial charge >= 0.3 is 0 Å². The topological polar surface area (TPSA) is 17.1 Å². The van der Waals surface area contributed by atoms with E-state index in [0.717, 1.165) is 4.90 Å². The fourth-order valence-corrected chi connectivity index (χ4v) is 1.71. The van der Waals surface area contributed by atoms with E-state index < -0.39 is 9.58 Å². The van der Waals surface area contributed by atoms with Gasteiger partial charge < -0.3 is 0 Å². The fourth-order valence-electron chi connectivity index (χ4n) is 0.928. The van der Waals surface area contributed by atoms with Crippen molar-refractivity contribution in [2.45, 2.75) is 8.69 Å². The lowest BCUT2D eigenvalue weighted by Crippen LogP contribution is -2.18. The molecule has 1 aromatic rings. The molecule has 0 heterocycles. The molecule has 0 radical (unpaired) electrons. The van der Waals surface area contributed by atoms with E-state index in [1.54, 1.807) is 18.2 Å². The zero-order valence-corrected chi connectivity index (χ0v) is 10.3. The number of benzene rings is 1. The Morgan fingerprint density at radius 2 is 2.00 bits per heavy atom. The maximum atomic E-state index is 11.5. The van der Waals surface area contributed by atoms with Gasteiger partial charge in [0.15, 0.2) is 0 Å². The lowest BCUT2D eigenvalue weighted by molar-refractivity contribution is 0.0996. The van der Waals surface area contributed by atoms with Crippen molar-refractivity contribution in [1.29, 1.82) is 0 Å². The molecular weight excluding hydrogens is 263 g/mol. The number of alkyl halides is 3. The molecule has 0 atom stereocenters. The van der Waals surface area contributed by atoms with Crippen molar-refractivity contribution in [1.82, 2.24) is 0 Å². The molecule has 5 heteroatoms. The monoisotopic (exact) mass is 268 g/mol. The van der Waals surface area contributed by atoms with Crippen molar-refractivity contribution < 1.29 is 4.79 Å². The largest absolute Gasteiger partial charge is 0.289 e. The highest BCUT2D eigenvalue weighted by molar-refractivity contribution is 7.98. The molecule has 0 fully saturated rings. The Kier molecular flexibility index (Phi) is 4.14. The Bertz CT molecular complexity index is 346. The second-order valence-corrected chi connectivity index (χ2v) is 5.72. The van der Waals surface area contributed by atoms with Crippen molar-refractivity contribution in [3.63, 3.8) is 0 Å². The first-order valence-corrected chi connectivity index (χ1v) is 6.06. The molecule has 0 saturated heterocycles. The second kappa shape index (κ2) is 4.75. The summed E-state index contributed by atoms with van der Waals surface area (Å²) in [6, 6.07) is 6.98. The van der Waals surface area contributed by atoms with Gasteiger partial charge in [-0.2, -0.15) is 0 Å². The maximum absolute atomic E-state index is 11.5. The summed E-state index contributed by atoms with van der Waals surface area (Å²) in [6.45, 7) is 0. The Balaban J connectivity index is 3.02. The summed E-state index contributed by atoms with van der Waals surface area (Å²) >= 11 is 18.0. The highest BCUT2D eigenvalue weighted by atomic mass is 35.6. The van der Waals surface area contributed by atoms with Gasteiger partial charge in [0.05, 0.1) is 0 Å². The van der Waals surface area contributed by atoms with Gasteiger partial charge in [-0.3, -0.25) is 4.79 Å². The lowest BCUT2D eigenvalue weighted by atomic mass is 10.1. The van der Waals surface area contributed by atoms with E-state index in [-0.39, 0.29) is 0 Å². The van der Waals surface area contributed by atoms with Crippen LogP contribution in [0.25, 0.3) is 0 Å². The minimum atomic E-state index is -1.88. The molecule has 0 N–H and O–H groups in total. The highest BCUT2D eigenvalue weighted by Gasteiger charge is 2.31. The van der Waals surface area contributed by atoms with Crippen LogP contribution in [0.4, 0.5) is 0 Å². The molecule has 1 nitrogen and oxygen atoms in total. The van der Waals surface area contributed by atoms with Crippen LogP contribution in [-0.4, -0.2) is 15.8 Å². The fraction of sp³-hybridized carbons (Fsp3) is 0.222. The Morgan fingerprint density at radius 1 is 1.36 bits per heavy atom. The van der Waals surface area contributed by atoms with Gasteiger partial charge in [-0.25, -0.2) is 0 Å². The van der Waals surface area contributed by atoms with Gasteiger partial charge in [0.1, 0.15) is 0 Å². The van der Waals surface area contributed by atoms with Crippen molar-refractivity contribution in [3.05, 3.63) is 29.8 Å². The van der Waals surface area contributed by atoms with E-state index >= 15 is 0 Å². The summed E-state index contributed by atoms with van der Waals surface area (Å²) < 4.78 is -1.88. The number of hydrogen-bond acceptors (Lipinski definition) is 2. The van der Waals surface area contributed by atoms with Gasteiger partial charge in [-0.1, -0.05) is 46.9 Å². The zero-order chi connectivity index (χ0) is 10.8. The molecule has 0 aliphatic carbocycles. The van der Waals surface area contributed by atoms with Crippen LogP contribution in [0.1, 0.15) is 10.4 Å². The van der Waals surface area contributed by atoms with Crippen LogP contribution >= 0.6 is 46.6 Å². The van der Waals surface area contributed by atoms with Crippen LogP contribution in [0.5, 0.6) is 0 Å². The van der Waals surface area contributed by atoms with E-state index in [2.05, 4.69) is 0 Å². The van der Waals surface area contributed by atoms with Crippen molar-refractivity contribution >= 4 is 52.3 Å².